The van der Waals surface area contributed by atoms with Gasteiger partial charge in [-0.2, -0.15) is 5.10 Å². The van der Waals surface area contributed by atoms with Crippen molar-refractivity contribution in [2.24, 2.45) is 0 Å². The number of hydrogen-bond acceptors (Lipinski definition) is 5. The number of nitrogen functional groups attached to an aromatic ring is 1. The van der Waals surface area contributed by atoms with Gasteiger partial charge in [0.2, 0.25) is 0 Å². The van der Waals surface area contributed by atoms with E-state index in [9.17, 15) is 0 Å². The minimum Gasteiger partial charge on any atom is -0.383 e. The second kappa shape index (κ2) is 4.41. The molecule has 0 aliphatic rings. The number of hydrogen-bond donors (Lipinski definition) is 1. The van der Waals surface area contributed by atoms with Crippen LogP contribution in [0.5, 0.6) is 0 Å². The third-order valence-electron chi connectivity index (χ3n) is 3.26. The Kier molecular flexibility index (Phi) is 2.43. The molecule has 4 rings (SSSR count). The molecule has 0 saturated heterocycles. The van der Waals surface area contributed by atoms with Gasteiger partial charge in [0.15, 0.2) is 11.5 Å². The van der Waals surface area contributed by atoms with Crippen LogP contribution in [0.15, 0.2) is 55.1 Å². The highest BCUT2D eigenvalue weighted by Crippen LogP contribution is 2.26. The molecule has 7 heteroatoms. The lowest BCUT2D eigenvalue weighted by atomic mass is 10.3. The van der Waals surface area contributed by atoms with Crippen molar-refractivity contribution in [3.8, 4) is 17.1 Å². The molecule has 0 saturated carbocycles. The van der Waals surface area contributed by atoms with E-state index in [-0.39, 0.29) is 0 Å². The zero-order valence-electron chi connectivity index (χ0n) is 11.0. The minimum absolute atomic E-state index is 0.521. The Bertz CT molecular complexity index is 907. The summed E-state index contributed by atoms with van der Waals surface area (Å²) < 4.78 is 3.51. The highest BCUT2D eigenvalue weighted by Gasteiger charge is 2.16. The molecule has 1 aromatic carbocycles. The van der Waals surface area contributed by atoms with Gasteiger partial charge in [-0.25, -0.2) is 4.68 Å². The van der Waals surface area contributed by atoms with Crippen LogP contribution in [0.3, 0.4) is 0 Å². The summed E-state index contributed by atoms with van der Waals surface area (Å²) in [6, 6.07) is 9.71. The fourth-order valence-corrected chi connectivity index (χ4v) is 2.24. The van der Waals surface area contributed by atoms with Gasteiger partial charge in [0.1, 0.15) is 5.82 Å². The number of anilines is 1. The summed E-state index contributed by atoms with van der Waals surface area (Å²) in [4.78, 5) is 4.02. The van der Waals surface area contributed by atoms with Crippen LogP contribution in [0.25, 0.3) is 22.7 Å². The smallest absolute Gasteiger partial charge is 0.179 e. The van der Waals surface area contributed by atoms with Crippen molar-refractivity contribution >= 4 is 11.5 Å². The SMILES string of the molecule is Nc1c(-c2nnc3cnccn23)cnn1-c1ccccc1. The van der Waals surface area contributed by atoms with Crippen molar-refractivity contribution < 1.29 is 0 Å². The number of para-hydroxylation sites is 1. The van der Waals surface area contributed by atoms with Crippen LogP contribution < -0.4 is 5.73 Å². The van der Waals surface area contributed by atoms with Crippen LogP contribution in [0.2, 0.25) is 0 Å². The molecular weight excluding hydrogens is 266 g/mol. The maximum Gasteiger partial charge on any atom is 0.179 e. The largest absolute Gasteiger partial charge is 0.383 e. The second-order valence-corrected chi connectivity index (χ2v) is 4.52. The molecule has 7 nitrogen and oxygen atoms in total. The first kappa shape index (κ1) is 11.6. The quantitative estimate of drug-likeness (QED) is 0.600. The van der Waals surface area contributed by atoms with Gasteiger partial charge in [-0.1, -0.05) is 18.2 Å². The fourth-order valence-electron chi connectivity index (χ4n) is 2.24. The van der Waals surface area contributed by atoms with Crippen LogP contribution in [-0.2, 0) is 0 Å². The molecule has 0 atom stereocenters. The summed E-state index contributed by atoms with van der Waals surface area (Å²) in [7, 11) is 0. The van der Waals surface area contributed by atoms with Gasteiger partial charge in [-0.3, -0.25) is 9.38 Å². The van der Waals surface area contributed by atoms with E-state index in [1.54, 1.807) is 29.5 Å². The third-order valence-corrected chi connectivity index (χ3v) is 3.26. The van der Waals surface area contributed by atoms with E-state index in [4.69, 9.17) is 5.73 Å². The molecule has 0 fully saturated rings. The Labute approximate surface area is 119 Å². The molecular formula is C14H11N7. The summed E-state index contributed by atoms with van der Waals surface area (Å²) in [5.41, 5.74) is 8.52. The van der Waals surface area contributed by atoms with Crippen molar-refractivity contribution in [2.45, 2.75) is 0 Å². The number of benzene rings is 1. The Morgan fingerprint density at radius 1 is 1.00 bits per heavy atom. The summed E-state index contributed by atoms with van der Waals surface area (Å²) in [5, 5.41) is 12.6. The molecule has 21 heavy (non-hydrogen) atoms. The minimum atomic E-state index is 0.521. The zero-order valence-corrected chi connectivity index (χ0v) is 11.0. The predicted octanol–water partition coefficient (Wildman–Crippen LogP) is 1.56. The molecule has 2 N–H and O–H groups in total. The van der Waals surface area contributed by atoms with E-state index in [1.807, 2.05) is 34.7 Å². The Morgan fingerprint density at radius 2 is 1.86 bits per heavy atom. The number of rotatable bonds is 2. The summed E-state index contributed by atoms with van der Waals surface area (Å²) in [6.07, 6.45) is 6.81. The van der Waals surface area contributed by atoms with Crippen molar-refractivity contribution in [2.75, 3.05) is 5.73 Å². The molecule has 0 aliphatic carbocycles. The molecule has 0 radical (unpaired) electrons. The van der Waals surface area contributed by atoms with E-state index >= 15 is 0 Å². The van der Waals surface area contributed by atoms with Gasteiger partial charge < -0.3 is 5.73 Å². The molecule has 0 spiro atoms. The highest BCUT2D eigenvalue weighted by molar-refractivity contribution is 5.71. The van der Waals surface area contributed by atoms with Gasteiger partial charge in [0.25, 0.3) is 0 Å². The summed E-state index contributed by atoms with van der Waals surface area (Å²) in [5.74, 6) is 1.17. The number of nitrogens with two attached hydrogens (primary N) is 1. The molecule has 3 aromatic heterocycles. The summed E-state index contributed by atoms with van der Waals surface area (Å²) in [6.45, 7) is 0. The average molecular weight is 277 g/mol. The standard InChI is InChI=1S/C14H11N7/c15-13-11(8-17-21(13)10-4-2-1-3-5-10)14-19-18-12-9-16-6-7-20(12)14/h1-9H,15H2. The molecule has 0 amide bonds. The lowest BCUT2D eigenvalue weighted by Gasteiger charge is -2.04. The lowest BCUT2D eigenvalue weighted by molar-refractivity contribution is 0.891. The van der Waals surface area contributed by atoms with Gasteiger partial charge in [-0.05, 0) is 12.1 Å². The van der Waals surface area contributed by atoms with Crippen molar-refractivity contribution in [3.63, 3.8) is 0 Å². The first-order valence-electron chi connectivity index (χ1n) is 6.38. The number of aromatic nitrogens is 6. The average Bonchev–Trinajstić information content (AvgIpc) is 3.11. The predicted molar refractivity (Wildman–Crippen MR) is 77.8 cm³/mol. The van der Waals surface area contributed by atoms with E-state index in [1.165, 1.54) is 0 Å². The zero-order chi connectivity index (χ0) is 14.2. The van der Waals surface area contributed by atoms with Crippen LogP contribution in [0.4, 0.5) is 5.82 Å². The van der Waals surface area contributed by atoms with Crippen LogP contribution in [0.1, 0.15) is 0 Å². The van der Waals surface area contributed by atoms with Crippen molar-refractivity contribution in [1.82, 2.24) is 29.4 Å². The molecule has 4 aromatic rings. The molecule has 3 heterocycles. The fraction of sp³-hybridized carbons (Fsp3) is 0. The molecule has 0 aliphatic heterocycles. The van der Waals surface area contributed by atoms with Crippen molar-refractivity contribution in [3.05, 3.63) is 55.1 Å². The first-order chi connectivity index (χ1) is 10.3. The second-order valence-electron chi connectivity index (χ2n) is 4.52. The van der Waals surface area contributed by atoms with Gasteiger partial charge in [-0.15, -0.1) is 10.2 Å². The number of nitrogens with zero attached hydrogens (tertiary/aromatic N) is 6. The Hall–Kier alpha value is -3.22. The maximum absolute atomic E-state index is 6.22. The van der Waals surface area contributed by atoms with E-state index in [0.717, 1.165) is 11.3 Å². The first-order valence-corrected chi connectivity index (χ1v) is 6.38. The Morgan fingerprint density at radius 3 is 2.71 bits per heavy atom. The lowest BCUT2D eigenvalue weighted by Crippen LogP contribution is -2.02. The number of fused-ring (bicyclic) bond motifs is 1. The Balaban J connectivity index is 1.89. The normalized spacial score (nSPS) is 11.0. The van der Waals surface area contributed by atoms with E-state index < -0.39 is 0 Å². The highest BCUT2D eigenvalue weighted by atomic mass is 15.3. The monoisotopic (exact) mass is 277 g/mol. The molecule has 0 bridgehead atoms. The van der Waals surface area contributed by atoms with E-state index in [0.29, 0.717) is 17.3 Å². The van der Waals surface area contributed by atoms with Gasteiger partial charge in [0, 0.05) is 12.4 Å². The van der Waals surface area contributed by atoms with Gasteiger partial charge >= 0.3 is 0 Å². The topological polar surface area (TPSA) is 86.9 Å². The van der Waals surface area contributed by atoms with Crippen LogP contribution >= 0.6 is 0 Å². The van der Waals surface area contributed by atoms with Crippen LogP contribution in [-0.4, -0.2) is 29.4 Å². The van der Waals surface area contributed by atoms with Crippen molar-refractivity contribution in [1.29, 1.82) is 0 Å². The van der Waals surface area contributed by atoms with Gasteiger partial charge in [0.05, 0.1) is 23.6 Å². The molecule has 102 valence electrons. The summed E-state index contributed by atoms with van der Waals surface area (Å²) >= 11 is 0. The molecule has 0 unspecified atom stereocenters. The third kappa shape index (κ3) is 1.75. The van der Waals surface area contributed by atoms with E-state index in [2.05, 4.69) is 20.3 Å². The van der Waals surface area contributed by atoms with Crippen LogP contribution in [0, 0.1) is 0 Å². The maximum atomic E-state index is 6.22.